The van der Waals surface area contributed by atoms with E-state index in [0.717, 1.165) is 24.9 Å². The van der Waals surface area contributed by atoms with Gasteiger partial charge in [0, 0.05) is 29.2 Å². The number of carbonyl (C=O) groups excluding carboxylic acids is 1. The number of rotatable bonds is 5. The van der Waals surface area contributed by atoms with Crippen molar-refractivity contribution in [2.45, 2.75) is 26.3 Å². The highest BCUT2D eigenvalue weighted by Crippen LogP contribution is 2.23. The molecule has 1 aromatic heterocycles. The first-order valence-corrected chi connectivity index (χ1v) is 6.03. The number of halogens is 1. The molecule has 1 heterocycles. The maximum atomic E-state index is 13.3. The second-order valence-corrected chi connectivity index (χ2v) is 4.38. The van der Waals surface area contributed by atoms with Crippen LogP contribution in [0.25, 0.3) is 10.9 Å². The van der Waals surface area contributed by atoms with E-state index in [1.54, 1.807) is 6.07 Å². The van der Waals surface area contributed by atoms with Gasteiger partial charge in [0.15, 0.2) is 5.78 Å². The molecule has 0 amide bonds. The van der Waals surface area contributed by atoms with E-state index in [1.807, 2.05) is 16.8 Å². The molecule has 2 nitrogen and oxygen atoms in total. The van der Waals surface area contributed by atoms with Crippen LogP contribution in [0.1, 0.15) is 30.1 Å². The molecule has 0 radical (unpaired) electrons. The molecule has 2 aromatic rings. The maximum Gasteiger partial charge on any atom is 0.161 e. The molecule has 0 aliphatic carbocycles. The van der Waals surface area contributed by atoms with Crippen molar-refractivity contribution in [3.8, 4) is 0 Å². The van der Waals surface area contributed by atoms with Crippen LogP contribution in [0.5, 0.6) is 0 Å². The molecule has 0 atom stereocenters. The Labute approximate surface area is 106 Å². The second kappa shape index (κ2) is 5.17. The van der Waals surface area contributed by atoms with Crippen molar-refractivity contribution in [2.24, 2.45) is 0 Å². The number of hydrogen-bond acceptors (Lipinski definition) is 1. The predicted molar refractivity (Wildman–Crippen MR) is 71.3 cm³/mol. The molecule has 3 heteroatoms. The van der Waals surface area contributed by atoms with Crippen molar-refractivity contribution < 1.29 is 9.18 Å². The Hall–Kier alpha value is -1.90. The van der Waals surface area contributed by atoms with Gasteiger partial charge in [-0.15, -0.1) is 6.58 Å². The quantitative estimate of drug-likeness (QED) is 0.444. The van der Waals surface area contributed by atoms with Gasteiger partial charge >= 0.3 is 0 Å². The summed E-state index contributed by atoms with van der Waals surface area (Å²) in [5.41, 5.74) is 1.49. The number of unbranched alkanes of at least 4 members (excludes halogenated alkanes) is 1. The summed E-state index contributed by atoms with van der Waals surface area (Å²) in [6.07, 6.45) is 5.57. The molecule has 0 N–H and O–H groups in total. The zero-order valence-corrected chi connectivity index (χ0v) is 10.4. The maximum absolute atomic E-state index is 13.3. The van der Waals surface area contributed by atoms with Crippen LogP contribution in [0.4, 0.5) is 4.39 Å². The molecule has 94 valence electrons. The molecule has 0 saturated heterocycles. The lowest BCUT2D eigenvalue weighted by molar-refractivity contribution is 0.101. The van der Waals surface area contributed by atoms with Gasteiger partial charge in [0.05, 0.1) is 0 Å². The minimum atomic E-state index is -0.311. The van der Waals surface area contributed by atoms with Crippen molar-refractivity contribution in [1.82, 2.24) is 4.57 Å². The number of benzene rings is 1. The summed E-state index contributed by atoms with van der Waals surface area (Å²) in [5, 5.41) is 0.695. The van der Waals surface area contributed by atoms with Crippen LogP contribution in [0.2, 0.25) is 0 Å². The fraction of sp³-hybridized carbons (Fsp3) is 0.267. The number of ketones is 1. The third-order valence-corrected chi connectivity index (χ3v) is 3.03. The van der Waals surface area contributed by atoms with E-state index >= 15 is 0 Å². The third kappa shape index (κ3) is 2.35. The van der Waals surface area contributed by atoms with E-state index < -0.39 is 0 Å². The van der Waals surface area contributed by atoms with Gasteiger partial charge in [0.1, 0.15) is 5.82 Å². The second-order valence-electron chi connectivity index (χ2n) is 4.38. The van der Waals surface area contributed by atoms with E-state index in [1.165, 1.54) is 19.1 Å². The van der Waals surface area contributed by atoms with E-state index in [9.17, 15) is 9.18 Å². The predicted octanol–water partition coefficient (Wildman–Crippen LogP) is 3.95. The number of hydrogen-bond donors (Lipinski definition) is 0. The third-order valence-electron chi connectivity index (χ3n) is 3.03. The van der Waals surface area contributed by atoms with E-state index in [-0.39, 0.29) is 11.6 Å². The fourth-order valence-corrected chi connectivity index (χ4v) is 2.14. The molecule has 0 spiro atoms. The zero-order valence-electron chi connectivity index (χ0n) is 10.4. The SMILES string of the molecule is C=CCCCn1cc(C(C)=O)c2cc(F)ccc21. The topological polar surface area (TPSA) is 22.0 Å². The molecule has 1 aromatic carbocycles. The summed E-state index contributed by atoms with van der Waals surface area (Å²) in [6.45, 7) is 6.00. The molecule has 0 bridgehead atoms. The van der Waals surface area contributed by atoms with Crippen LogP contribution in [0, 0.1) is 5.82 Å². The lowest BCUT2D eigenvalue weighted by atomic mass is 10.1. The van der Waals surface area contributed by atoms with Gasteiger partial charge in [-0.3, -0.25) is 4.79 Å². The molecular formula is C15H16FNO. The van der Waals surface area contributed by atoms with Crippen molar-refractivity contribution >= 4 is 16.7 Å². The molecule has 0 fully saturated rings. The van der Waals surface area contributed by atoms with Gasteiger partial charge < -0.3 is 4.57 Å². The van der Waals surface area contributed by atoms with Crippen LogP contribution in [0.15, 0.2) is 37.1 Å². The van der Waals surface area contributed by atoms with E-state index in [0.29, 0.717) is 10.9 Å². The fourth-order valence-electron chi connectivity index (χ4n) is 2.14. The first-order chi connectivity index (χ1) is 8.63. The van der Waals surface area contributed by atoms with E-state index in [2.05, 4.69) is 6.58 Å². The normalized spacial score (nSPS) is 10.8. The minimum absolute atomic E-state index is 0.0342. The number of Topliss-reactive ketones (excluding diaryl/α,β-unsaturated/α-hetero) is 1. The zero-order chi connectivity index (χ0) is 13.1. The van der Waals surface area contributed by atoms with Gasteiger partial charge in [-0.1, -0.05) is 6.08 Å². The van der Waals surface area contributed by atoms with Crippen molar-refractivity contribution in [3.63, 3.8) is 0 Å². The van der Waals surface area contributed by atoms with Gasteiger partial charge in [-0.2, -0.15) is 0 Å². The molecular weight excluding hydrogens is 229 g/mol. The van der Waals surface area contributed by atoms with Crippen molar-refractivity contribution in [2.75, 3.05) is 0 Å². The summed E-state index contributed by atoms with van der Waals surface area (Å²) >= 11 is 0. The summed E-state index contributed by atoms with van der Waals surface area (Å²) in [6, 6.07) is 4.58. The molecule has 0 aliphatic heterocycles. The number of carbonyl (C=O) groups is 1. The highest BCUT2D eigenvalue weighted by atomic mass is 19.1. The Morgan fingerprint density at radius 2 is 2.28 bits per heavy atom. The smallest absolute Gasteiger partial charge is 0.161 e. The minimum Gasteiger partial charge on any atom is -0.347 e. The first kappa shape index (κ1) is 12.6. The summed E-state index contributed by atoms with van der Waals surface area (Å²) < 4.78 is 15.3. The molecule has 2 rings (SSSR count). The molecule has 18 heavy (non-hydrogen) atoms. The first-order valence-electron chi connectivity index (χ1n) is 6.03. The molecule has 0 saturated carbocycles. The van der Waals surface area contributed by atoms with Crippen LogP contribution in [-0.2, 0) is 6.54 Å². The van der Waals surface area contributed by atoms with Crippen LogP contribution in [0.3, 0.4) is 0 Å². The average Bonchev–Trinajstić information content (AvgIpc) is 2.68. The van der Waals surface area contributed by atoms with Crippen LogP contribution in [-0.4, -0.2) is 10.4 Å². The highest BCUT2D eigenvalue weighted by Gasteiger charge is 2.12. The average molecular weight is 245 g/mol. The lowest BCUT2D eigenvalue weighted by Crippen LogP contribution is -1.95. The highest BCUT2D eigenvalue weighted by molar-refractivity contribution is 6.06. The Balaban J connectivity index is 2.47. The van der Waals surface area contributed by atoms with Crippen LogP contribution < -0.4 is 0 Å². The van der Waals surface area contributed by atoms with Gasteiger partial charge in [-0.25, -0.2) is 4.39 Å². The monoisotopic (exact) mass is 245 g/mol. The van der Waals surface area contributed by atoms with Gasteiger partial charge in [-0.05, 0) is 38.0 Å². The number of aryl methyl sites for hydroxylation is 1. The van der Waals surface area contributed by atoms with Gasteiger partial charge in [0.25, 0.3) is 0 Å². The summed E-state index contributed by atoms with van der Waals surface area (Å²) in [7, 11) is 0. The standard InChI is InChI=1S/C15H16FNO/c1-3-4-5-8-17-10-14(11(2)18)13-9-12(16)6-7-15(13)17/h3,6-7,9-10H,1,4-5,8H2,2H3. The van der Waals surface area contributed by atoms with Crippen molar-refractivity contribution in [3.05, 3.63) is 48.4 Å². The van der Waals surface area contributed by atoms with Gasteiger partial charge in [0.2, 0.25) is 0 Å². The number of fused-ring (bicyclic) bond motifs is 1. The number of aromatic nitrogens is 1. The number of nitrogens with zero attached hydrogens (tertiary/aromatic N) is 1. The number of allylic oxidation sites excluding steroid dienone is 1. The van der Waals surface area contributed by atoms with Crippen LogP contribution >= 0.6 is 0 Å². The molecule has 0 unspecified atom stereocenters. The Kier molecular flexibility index (Phi) is 3.60. The Morgan fingerprint density at radius 3 is 2.94 bits per heavy atom. The van der Waals surface area contributed by atoms with E-state index in [4.69, 9.17) is 0 Å². The summed E-state index contributed by atoms with van der Waals surface area (Å²) in [4.78, 5) is 11.6. The lowest BCUT2D eigenvalue weighted by Gasteiger charge is -2.03. The Morgan fingerprint density at radius 1 is 1.50 bits per heavy atom. The summed E-state index contributed by atoms with van der Waals surface area (Å²) in [5.74, 6) is -0.345. The van der Waals surface area contributed by atoms with Crippen molar-refractivity contribution in [1.29, 1.82) is 0 Å². The largest absolute Gasteiger partial charge is 0.347 e. The molecule has 0 aliphatic rings. The Bertz CT molecular complexity index is 598.